The molecule has 0 unspecified atom stereocenters. The van der Waals surface area contributed by atoms with Gasteiger partial charge in [-0.05, 0) is 49.9 Å². The Balaban J connectivity index is 1.65. The van der Waals surface area contributed by atoms with Crippen molar-refractivity contribution in [3.05, 3.63) is 24.3 Å². The molecule has 0 aromatic heterocycles. The summed E-state index contributed by atoms with van der Waals surface area (Å²) < 4.78 is 0. The first kappa shape index (κ1) is 19.4. The van der Waals surface area contributed by atoms with Gasteiger partial charge in [-0.25, -0.2) is 9.69 Å². The number of urea groups is 1. The molecule has 0 radical (unpaired) electrons. The van der Waals surface area contributed by atoms with Gasteiger partial charge in [-0.3, -0.25) is 14.6 Å². The number of benzene rings is 1. The van der Waals surface area contributed by atoms with Gasteiger partial charge in [0.25, 0.3) is 11.8 Å². The molecule has 29 heavy (non-hydrogen) atoms. The minimum Gasteiger partial charge on any atom is -0.367 e. The average Bonchev–Trinajstić information content (AvgIpc) is 2.96. The number of anilines is 2. The van der Waals surface area contributed by atoms with E-state index in [1.807, 2.05) is 12.1 Å². The molecule has 2 N–H and O–H groups in total. The molecule has 3 aliphatic rings. The number of primary amides is 1. The third-order valence-corrected chi connectivity index (χ3v) is 6.04. The molecule has 1 aromatic carbocycles. The quantitative estimate of drug-likeness (QED) is 0.621. The van der Waals surface area contributed by atoms with Gasteiger partial charge >= 0.3 is 6.03 Å². The van der Waals surface area contributed by atoms with Crippen LogP contribution in [-0.4, -0.2) is 53.8 Å². The predicted molar refractivity (Wildman–Crippen MR) is 111 cm³/mol. The molecular formula is C21H27N5O3. The number of aliphatic imine (C=N–C) groups is 1. The van der Waals surface area contributed by atoms with Gasteiger partial charge in [-0.15, -0.1) is 0 Å². The van der Waals surface area contributed by atoms with Gasteiger partial charge in [-0.2, -0.15) is 0 Å². The molecule has 0 bridgehead atoms. The van der Waals surface area contributed by atoms with Crippen molar-refractivity contribution in [2.75, 3.05) is 29.4 Å². The maximum Gasteiger partial charge on any atom is 0.332 e. The van der Waals surface area contributed by atoms with E-state index in [1.165, 1.54) is 4.90 Å². The lowest BCUT2D eigenvalue weighted by Crippen LogP contribution is -2.60. The van der Waals surface area contributed by atoms with Crippen LogP contribution in [0.5, 0.6) is 0 Å². The monoisotopic (exact) mass is 397 g/mol. The number of amidine groups is 1. The van der Waals surface area contributed by atoms with E-state index in [4.69, 9.17) is 5.73 Å². The van der Waals surface area contributed by atoms with E-state index >= 15 is 0 Å². The minimum atomic E-state index is -1.54. The Hall–Kier alpha value is -2.90. The van der Waals surface area contributed by atoms with Crippen LogP contribution in [0.15, 0.2) is 29.3 Å². The van der Waals surface area contributed by atoms with Gasteiger partial charge in [0.1, 0.15) is 5.84 Å². The van der Waals surface area contributed by atoms with Crippen molar-refractivity contribution in [3.8, 4) is 0 Å². The Bertz CT molecular complexity index is 879. The summed E-state index contributed by atoms with van der Waals surface area (Å²) in [7, 11) is 0. The normalized spacial score (nSPS) is 24.8. The number of piperidine rings is 1. The maximum absolute atomic E-state index is 13.2. The lowest BCUT2D eigenvalue weighted by atomic mass is 9.86. The zero-order chi connectivity index (χ0) is 20.8. The van der Waals surface area contributed by atoms with E-state index in [-0.39, 0.29) is 6.42 Å². The molecule has 2 saturated heterocycles. The summed E-state index contributed by atoms with van der Waals surface area (Å²) >= 11 is 0. The Morgan fingerprint density at radius 2 is 1.76 bits per heavy atom. The van der Waals surface area contributed by atoms with Crippen molar-refractivity contribution in [2.24, 2.45) is 16.6 Å². The third kappa shape index (κ3) is 2.89. The Kier molecular flexibility index (Phi) is 4.80. The molecule has 4 rings (SSSR count). The van der Waals surface area contributed by atoms with Crippen molar-refractivity contribution >= 4 is 35.1 Å². The topological polar surface area (TPSA) is 99.3 Å². The summed E-state index contributed by atoms with van der Waals surface area (Å²) in [5.74, 6) is 0.0656. The van der Waals surface area contributed by atoms with Gasteiger partial charge in [-0.1, -0.05) is 13.8 Å². The summed E-state index contributed by atoms with van der Waals surface area (Å²) in [6.45, 7) is 6.32. The van der Waals surface area contributed by atoms with Crippen LogP contribution in [0.3, 0.4) is 0 Å². The van der Waals surface area contributed by atoms with Crippen molar-refractivity contribution in [1.29, 1.82) is 0 Å². The molecule has 3 heterocycles. The van der Waals surface area contributed by atoms with Crippen molar-refractivity contribution in [3.63, 3.8) is 0 Å². The standard InChI is InChI=1S/C21H27N5O3/c1-14(2)17-23-11-5-12-24(17)15-6-8-16(9-7-15)26-19(28)21(18(22)27)10-3-4-13-25(21)20(26)29/h6-9,14H,3-5,10-13H2,1-2H3,(H2,22,27)/t21-/m0/s1. The molecule has 154 valence electrons. The fraction of sp³-hybridized carbons (Fsp3) is 0.524. The van der Waals surface area contributed by atoms with E-state index in [1.54, 1.807) is 12.1 Å². The maximum atomic E-state index is 13.2. The SMILES string of the molecule is CC(C)C1=NCCCN1c1ccc(N2C(=O)N3CCCC[C@]3(C(N)=O)C2=O)cc1. The smallest absolute Gasteiger partial charge is 0.332 e. The van der Waals surface area contributed by atoms with Crippen LogP contribution in [0.2, 0.25) is 0 Å². The molecule has 8 nitrogen and oxygen atoms in total. The lowest BCUT2D eigenvalue weighted by Gasteiger charge is -2.35. The van der Waals surface area contributed by atoms with Gasteiger partial charge < -0.3 is 15.5 Å². The van der Waals surface area contributed by atoms with Crippen LogP contribution >= 0.6 is 0 Å². The highest BCUT2D eigenvalue weighted by molar-refractivity contribution is 6.31. The van der Waals surface area contributed by atoms with Crippen molar-refractivity contribution < 1.29 is 14.4 Å². The number of hydrogen-bond acceptors (Lipinski definition) is 5. The Labute approximate surface area is 170 Å². The van der Waals surface area contributed by atoms with Crippen LogP contribution in [-0.2, 0) is 9.59 Å². The van der Waals surface area contributed by atoms with Crippen LogP contribution < -0.4 is 15.5 Å². The van der Waals surface area contributed by atoms with E-state index in [0.717, 1.165) is 42.4 Å². The van der Waals surface area contributed by atoms with Gasteiger partial charge in [0.15, 0.2) is 0 Å². The Morgan fingerprint density at radius 1 is 1.07 bits per heavy atom. The number of carbonyl (C=O) groups is 3. The average molecular weight is 397 g/mol. The number of nitrogens with zero attached hydrogens (tertiary/aromatic N) is 4. The first-order valence-electron chi connectivity index (χ1n) is 10.3. The molecule has 0 spiro atoms. The van der Waals surface area contributed by atoms with Gasteiger partial charge in [0, 0.05) is 31.2 Å². The number of rotatable bonds is 4. The Morgan fingerprint density at radius 3 is 2.38 bits per heavy atom. The number of carbonyl (C=O) groups excluding carboxylic acids is 3. The first-order valence-corrected chi connectivity index (χ1v) is 10.3. The number of imide groups is 1. The highest BCUT2D eigenvalue weighted by Crippen LogP contribution is 2.39. The summed E-state index contributed by atoms with van der Waals surface area (Å²) in [5, 5.41) is 0. The third-order valence-electron chi connectivity index (χ3n) is 6.04. The molecule has 0 saturated carbocycles. The fourth-order valence-corrected chi connectivity index (χ4v) is 4.60. The lowest BCUT2D eigenvalue weighted by molar-refractivity contribution is -0.139. The van der Waals surface area contributed by atoms with Crippen LogP contribution in [0.1, 0.15) is 39.5 Å². The van der Waals surface area contributed by atoms with Crippen molar-refractivity contribution in [1.82, 2.24) is 4.90 Å². The molecule has 4 amide bonds. The summed E-state index contributed by atoms with van der Waals surface area (Å²) in [4.78, 5) is 47.7. The van der Waals surface area contributed by atoms with E-state index in [9.17, 15) is 14.4 Å². The van der Waals surface area contributed by atoms with Crippen LogP contribution in [0.25, 0.3) is 0 Å². The second-order valence-electron chi connectivity index (χ2n) is 8.17. The number of amides is 4. The molecule has 1 aromatic rings. The second kappa shape index (κ2) is 7.17. The summed E-state index contributed by atoms with van der Waals surface area (Å²) in [6, 6.07) is 6.83. The van der Waals surface area contributed by atoms with E-state index < -0.39 is 23.4 Å². The molecular weight excluding hydrogens is 370 g/mol. The predicted octanol–water partition coefficient (Wildman–Crippen LogP) is 2.13. The largest absolute Gasteiger partial charge is 0.367 e. The van der Waals surface area contributed by atoms with E-state index in [2.05, 4.69) is 23.7 Å². The number of nitrogens with two attached hydrogens (primary N) is 1. The number of hydrogen-bond donors (Lipinski definition) is 1. The highest BCUT2D eigenvalue weighted by Gasteiger charge is 2.62. The minimum absolute atomic E-state index is 0.281. The zero-order valence-corrected chi connectivity index (χ0v) is 16.9. The van der Waals surface area contributed by atoms with Crippen molar-refractivity contribution in [2.45, 2.75) is 45.1 Å². The molecule has 2 fully saturated rings. The molecule has 1 atom stereocenters. The molecule has 3 aliphatic heterocycles. The molecule has 0 aliphatic carbocycles. The van der Waals surface area contributed by atoms with Crippen LogP contribution in [0.4, 0.5) is 16.2 Å². The summed E-state index contributed by atoms with van der Waals surface area (Å²) in [6.07, 6.45) is 2.71. The summed E-state index contributed by atoms with van der Waals surface area (Å²) in [5.41, 5.74) is 5.49. The van der Waals surface area contributed by atoms with Gasteiger partial charge in [0.2, 0.25) is 5.54 Å². The van der Waals surface area contributed by atoms with Gasteiger partial charge in [0.05, 0.1) is 5.69 Å². The number of fused-ring (bicyclic) bond motifs is 1. The fourth-order valence-electron chi connectivity index (χ4n) is 4.60. The first-order chi connectivity index (χ1) is 13.9. The zero-order valence-electron chi connectivity index (χ0n) is 16.9. The van der Waals surface area contributed by atoms with Crippen LogP contribution in [0, 0.1) is 5.92 Å². The molecule has 8 heteroatoms. The highest BCUT2D eigenvalue weighted by atomic mass is 16.2. The second-order valence-corrected chi connectivity index (χ2v) is 8.17. The van der Waals surface area contributed by atoms with E-state index in [0.29, 0.717) is 24.6 Å².